The summed E-state index contributed by atoms with van der Waals surface area (Å²) in [4.78, 5) is 0. The van der Waals surface area contributed by atoms with Crippen LogP contribution in [0, 0.1) is 17.7 Å². The molecule has 0 heterocycles. The summed E-state index contributed by atoms with van der Waals surface area (Å²) >= 11 is 0. The summed E-state index contributed by atoms with van der Waals surface area (Å²) in [6.45, 7) is 2.27. The molecule has 2 rings (SSSR count). The van der Waals surface area contributed by atoms with Crippen molar-refractivity contribution in [1.29, 1.82) is 0 Å². The van der Waals surface area contributed by atoms with E-state index in [9.17, 15) is 4.39 Å². The third kappa shape index (κ3) is 2.66. The number of rotatable bonds is 4. The lowest BCUT2D eigenvalue weighted by molar-refractivity contribution is 0.365. The van der Waals surface area contributed by atoms with Crippen molar-refractivity contribution in [2.24, 2.45) is 11.8 Å². The molecule has 1 N–H and O–H groups in total. The summed E-state index contributed by atoms with van der Waals surface area (Å²) < 4.78 is 19.2. The minimum atomic E-state index is -0.173. The molecule has 0 amide bonds. The van der Waals surface area contributed by atoms with Crippen LogP contribution in [-0.2, 0) is 0 Å². The van der Waals surface area contributed by atoms with Crippen LogP contribution < -0.4 is 10.1 Å². The highest BCUT2D eigenvalue weighted by molar-refractivity contribution is 5.31. The van der Waals surface area contributed by atoms with Crippen LogP contribution in [0.25, 0.3) is 0 Å². The quantitative estimate of drug-likeness (QED) is 0.884. The zero-order valence-corrected chi connectivity index (χ0v) is 11.4. The second-order valence-corrected chi connectivity index (χ2v) is 5.33. The average Bonchev–Trinajstić information content (AvgIpc) is 2.78. The SMILES string of the molecule is CNC(c1ccc(OC)cc1F)C1CCC(C)C1. The van der Waals surface area contributed by atoms with Gasteiger partial charge in [-0.05, 0) is 37.8 Å². The van der Waals surface area contributed by atoms with Gasteiger partial charge in [0.05, 0.1) is 7.11 Å². The summed E-state index contributed by atoms with van der Waals surface area (Å²) in [5, 5.41) is 3.28. The predicted octanol–water partition coefficient (Wildman–Crippen LogP) is 3.53. The predicted molar refractivity (Wildman–Crippen MR) is 71.3 cm³/mol. The van der Waals surface area contributed by atoms with Crippen molar-refractivity contribution in [1.82, 2.24) is 5.32 Å². The Kier molecular flexibility index (Phi) is 4.23. The van der Waals surface area contributed by atoms with Gasteiger partial charge in [-0.25, -0.2) is 4.39 Å². The van der Waals surface area contributed by atoms with Crippen LogP contribution in [0.5, 0.6) is 5.75 Å². The molecular weight excluding hydrogens is 229 g/mol. The number of nitrogens with one attached hydrogen (secondary N) is 1. The number of ether oxygens (including phenoxy) is 1. The maximum atomic E-state index is 14.1. The van der Waals surface area contributed by atoms with Crippen LogP contribution in [0.4, 0.5) is 4.39 Å². The van der Waals surface area contributed by atoms with E-state index in [1.807, 2.05) is 19.2 Å². The second-order valence-electron chi connectivity index (χ2n) is 5.33. The highest BCUT2D eigenvalue weighted by Crippen LogP contribution is 2.39. The average molecular weight is 251 g/mol. The van der Waals surface area contributed by atoms with E-state index in [4.69, 9.17) is 4.74 Å². The molecule has 1 saturated carbocycles. The van der Waals surface area contributed by atoms with Gasteiger partial charge in [0.2, 0.25) is 0 Å². The Hall–Kier alpha value is -1.09. The lowest BCUT2D eigenvalue weighted by atomic mass is 9.90. The highest BCUT2D eigenvalue weighted by Gasteiger charge is 2.30. The molecular formula is C15H22FNO. The van der Waals surface area contributed by atoms with E-state index >= 15 is 0 Å². The molecule has 1 aromatic rings. The number of hydrogen-bond donors (Lipinski definition) is 1. The van der Waals surface area contributed by atoms with Gasteiger partial charge in [-0.15, -0.1) is 0 Å². The number of hydrogen-bond acceptors (Lipinski definition) is 2. The molecule has 3 unspecified atom stereocenters. The van der Waals surface area contributed by atoms with E-state index in [0.29, 0.717) is 11.7 Å². The summed E-state index contributed by atoms with van der Waals surface area (Å²) in [5.41, 5.74) is 0.761. The van der Waals surface area contributed by atoms with Crippen LogP contribution in [0.1, 0.15) is 37.8 Å². The van der Waals surface area contributed by atoms with Crippen molar-refractivity contribution in [2.45, 2.75) is 32.2 Å². The van der Waals surface area contributed by atoms with Gasteiger partial charge in [-0.1, -0.05) is 19.4 Å². The van der Waals surface area contributed by atoms with E-state index in [1.54, 1.807) is 7.11 Å². The van der Waals surface area contributed by atoms with Crippen LogP contribution in [-0.4, -0.2) is 14.2 Å². The van der Waals surface area contributed by atoms with Crippen molar-refractivity contribution in [3.05, 3.63) is 29.6 Å². The monoisotopic (exact) mass is 251 g/mol. The Morgan fingerprint density at radius 1 is 1.39 bits per heavy atom. The first-order chi connectivity index (χ1) is 8.65. The fourth-order valence-electron chi connectivity index (χ4n) is 3.09. The molecule has 1 fully saturated rings. The minimum Gasteiger partial charge on any atom is -0.497 e. The molecule has 3 atom stereocenters. The maximum absolute atomic E-state index is 14.1. The molecule has 2 nitrogen and oxygen atoms in total. The minimum absolute atomic E-state index is 0.112. The van der Waals surface area contributed by atoms with Gasteiger partial charge in [0, 0.05) is 17.7 Å². The molecule has 0 aromatic heterocycles. The zero-order chi connectivity index (χ0) is 13.1. The third-order valence-electron chi connectivity index (χ3n) is 4.06. The Labute approximate surface area is 109 Å². The van der Waals surface area contributed by atoms with E-state index in [0.717, 1.165) is 11.5 Å². The standard InChI is InChI=1S/C15H22FNO/c1-10-4-5-11(8-10)15(17-2)13-7-6-12(18-3)9-14(13)16/h6-7,9-11,15,17H,4-5,8H2,1-3H3. The van der Waals surface area contributed by atoms with Crippen molar-refractivity contribution in [3.8, 4) is 5.75 Å². The third-order valence-corrected chi connectivity index (χ3v) is 4.06. The largest absolute Gasteiger partial charge is 0.497 e. The lowest BCUT2D eigenvalue weighted by Crippen LogP contribution is -2.24. The van der Waals surface area contributed by atoms with E-state index < -0.39 is 0 Å². The van der Waals surface area contributed by atoms with Crippen molar-refractivity contribution in [3.63, 3.8) is 0 Å². The van der Waals surface area contributed by atoms with Crippen molar-refractivity contribution < 1.29 is 9.13 Å². The lowest BCUT2D eigenvalue weighted by Gasteiger charge is -2.24. The first kappa shape index (κ1) is 13.3. The van der Waals surface area contributed by atoms with E-state index in [2.05, 4.69) is 12.2 Å². The molecule has 3 heteroatoms. The molecule has 0 aliphatic heterocycles. The Morgan fingerprint density at radius 2 is 2.17 bits per heavy atom. The van der Waals surface area contributed by atoms with E-state index in [-0.39, 0.29) is 11.9 Å². The zero-order valence-electron chi connectivity index (χ0n) is 11.4. The molecule has 100 valence electrons. The fraction of sp³-hybridized carbons (Fsp3) is 0.600. The highest BCUT2D eigenvalue weighted by atomic mass is 19.1. The molecule has 0 saturated heterocycles. The molecule has 1 aliphatic rings. The first-order valence-corrected chi connectivity index (χ1v) is 6.66. The van der Waals surface area contributed by atoms with Gasteiger partial charge in [-0.3, -0.25) is 0 Å². The Bertz CT molecular complexity index is 407. The van der Waals surface area contributed by atoms with Crippen LogP contribution in [0.15, 0.2) is 18.2 Å². The smallest absolute Gasteiger partial charge is 0.131 e. The topological polar surface area (TPSA) is 21.3 Å². The van der Waals surface area contributed by atoms with Gasteiger partial charge >= 0.3 is 0 Å². The molecule has 1 aromatic carbocycles. The fourth-order valence-corrected chi connectivity index (χ4v) is 3.09. The van der Waals surface area contributed by atoms with Crippen LogP contribution in [0.3, 0.4) is 0 Å². The molecule has 1 aliphatic carbocycles. The summed E-state index contributed by atoms with van der Waals surface area (Å²) in [6, 6.07) is 5.26. The summed E-state index contributed by atoms with van der Waals surface area (Å²) in [5.74, 6) is 1.69. The molecule has 0 bridgehead atoms. The second kappa shape index (κ2) is 5.70. The molecule has 18 heavy (non-hydrogen) atoms. The van der Waals surface area contributed by atoms with Gasteiger partial charge in [0.15, 0.2) is 0 Å². The number of methoxy groups -OCH3 is 1. The normalized spacial score (nSPS) is 25.1. The molecule has 0 radical (unpaired) electrons. The van der Waals surface area contributed by atoms with Crippen LogP contribution >= 0.6 is 0 Å². The summed E-state index contributed by atoms with van der Waals surface area (Å²) in [7, 11) is 3.47. The number of halogens is 1. The molecule has 0 spiro atoms. The van der Waals surface area contributed by atoms with E-state index in [1.165, 1.54) is 25.3 Å². The number of benzene rings is 1. The van der Waals surface area contributed by atoms with Gasteiger partial charge in [0.25, 0.3) is 0 Å². The Morgan fingerprint density at radius 3 is 2.67 bits per heavy atom. The summed E-state index contributed by atoms with van der Waals surface area (Å²) in [6.07, 6.45) is 3.61. The first-order valence-electron chi connectivity index (χ1n) is 6.66. The van der Waals surface area contributed by atoms with Crippen molar-refractivity contribution >= 4 is 0 Å². The maximum Gasteiger partial charge on any atom is 0.131 e. The van der Waals surface area contributed by atoms with Gasteiger partial charge < -0.3 is 10.1 Å². The van der Waals surface area contributed by atoms with Gasteiger partial charge in [-0.2, -0.15) is 0 Å². The van der Waals surface area contributed by atoms with Crippen LogP contribution in [0.2, 0.25) is 0 Å². The Balaban J connectivity index is 2.22. The van der Waals surface area contributed by atoms with Gasteiger partial charge in [0.1, 0.15) is 11.6 Å². The van der Waals surface area contributed by atoms with Crippen molar-refractivity contribution in [2.75, 3.05) is 14.2 Å².